The number of esters is 2. The summed E-state index contributed by atoms with van der Waals surface area (Å²) in [4.78, 5) is 23.8. The van der Waals surface area contributed by atoms with Crippen molar-refractivity contribution in [3.63, 3.8) is 0 Å². The molecule has 0 amide bonds. The molecule has 0 bridgehead atoms. The zero-order chi connectivity index (χ0) is 16.7. The Morgan fingerprint density at radius 2 is 1.09 bits per heavy atom. The Balaban J connectivity index is 1.99. The summed E-state index contributed by atoms with van der Waals surface area (Å²) >= 11 is 1.49. The minimum Gasteiger partial charge on any atom is -0.417 e. The number of ether oxygens (including phenoxy) is 2. The molecule has 5 heteroatoms. The maximum atomic E-state index is 11.0. The summed E-state index contributed by atoms with van der Waals surface area (Å²) in [7, 11) is 0. The van der Waals surface area contributed by atoms with Gasteiger partial charge in [-0.1, -0.05) is 11.8 Å². The fraction of sp³-hybridized carbons (Fsp3) is 0. The molecule has 2 aromatic rings. The van der Waals surface area contributed by atoms with E-state index in [4.69, 9.17) is 22.3 Å². The van der Waals surface area contributed by atoms with Crippen LogP contribution < -0.4 is 9.47 Å². The van der Waals surface area contributed by atoms with E-state index in [0.717, 1.165) is 9.79 Å². The van der Waals surface area contributed by atoms with Gasteiger partial charge in [0.2, 0.25) is 0 Å². The monoisotopic (exact) mass is 322 g/mol. The second-order valence-electron chi connectivity index (χ2n) is 4.11. The Hall–Kier alpha value is -3.15. The highest BCUT2D eigenvalue weighted by Gasteiger charge is 2.04. The van der Waals surface area contributed by atoms with Gasteiger partial charge in [-0.15, -0.1) is 12.8 Å². The number of carbonyl (C=O) groups excluding carboxylic acids is 2. The Morgan fingerprint density at radius 3 is 1.39 bits per heavy atom. The molecule has 0 heterocycles. The van der Waals surface area contributed by atoms with Crippen molar-refractivity contribution < 1.29 is 19.1 Å². The minimum absolute atomic E-state index is 0.383. The van der Waals surface area contributed by atoms with Gasteiger partial charge < -0.3 is 9.47 Å². The predicted molar refractivity (Wildman–Crippen MR) is 85.9 cm³/mol. The molecule has 4 nitrogen and oxygen atoms in total. The molecule has 0 aliphatic heterocycles. The van der Waals surface area contributed by atoms with Crippen LogP contribution in [0.4, 0.5) is 0 Å². The van der Waals surface area contributed by atoms with E-state index in [1.165, 1.54) is 11.8 Å². The van der Waals surface area contributed by atoms with Crippen molar-refractivity contribution in [2.24, 2.45) is 0 Å². The molecule has 2 aromatic carbocycles. The van der Waals surface area contributed by atoms with Crippen molar-refractivity contribution in [1.82, 2.24) is 0 Å². The van der Waals surface area contributed by atoms with E-state index in [0.29, 0.717) is 11.5 Å². The summed E-state index contributed by atoms with van der Waals surface area (Å²) < 4.78 is 9.77. The molecule has 23 heavy (non-hydrogen) atoms. The highest BCUT2D eigenvalue weighted by atomic mass is 32.2. The van der Waals surface area contributed by atoms with Crippen LogP contribution in [0.5, 0.6) is 11.5 Å². The highest BCUT2D eigenvalue weighted by Crippen LogP contribution is 2.30. The molecular weight excluding hydrogens is 312 g/mol. The van der Waals surface area contributed by atoms with E-state index >= 15 is 0 Å². The van der Waals surface area contributed by atoms with Crippen LogP contribution in [0.25, 0.3) is 0 Å². The first-order chi connectivity index (χ1) is 11.1. The fourth-order valence-corrected chi connectivity index (χ4v) is 2.38. The third-order valence-corrected chi connectivity index (χ3v) is 3.56. The van der Waals surface area contributed by atoms with Gasteiger partial charge in [0, 0.05) is 21.6 Å². The van der Waals surface area contributed by atoms with E-state index < -0.39 is 11.9 Å². The smallest absolute Gasteiger partial charge is 0.389 e. The number of hydrogen-bond donors (Lipinski definition) is 0. The van der Waals surface area contributed by atoms with Gasteiger partial charge in [-0.3, -0.25) is 0 Å². The largest absolute Gasteiger partial charge is 0.417 e. The quantitative estimate of drug-likeness (QED) is 0.375. The lowest BCUT2D eigenvalue weighted by atomic mass is 10.3. The van der Waals surface area contributed by atoms with Crippen molar-refractivity contribution in [1.29, 1.82) is 0 Å². The predicted octanol–water partition coefficient (Wildman–Crippen LogP) is 2.92. The third-order valence-electron chi connectivity index (χ3n) is 2.54. The average Bonchev–Trinajstić information content (AvgIpc) is 2.58. The lowest BCUT2D eigenvalue weighted by molar-refractivity contribution is -0.128. The summed E-state index contributed by atoms with van der Waals surface area (Å²) in [6, 6.07) is 13.8. The van der Waals surface area contributed by atoms with Crippen molar-refractivity contribution in [3.8, 4) is 36.2 Å². The van der Waals surface area contributed by atoms with E-state index in [9.17, 15) is 9.59 Å². The topological polar surface area (TPSA) is 52.6 Å². The van der Waals surface area contributed by atoms with Gasteiger partial charge in [-0.2, -0.15) is 0 Å². The molecule has 0 fully saturated rings. The van der Waals surface area contributed by atoms with Crippen LogP contribution in [0.3, 0.4) is 0 Å². The normalized spacial score (nSPS) is 9.30. The second kappa shape index (κ2) is 7.74. The van der Waals surface area contributed by atoms with Crippen LogP contribution in [-0.4, -0.2) is 11.9 Å². The number of hydrogen-bond acceptors (Lipinski definition) is 5. The molecule has 0 aliphatic rings. The van der Waals surface area contributed by atoms with Crippen LogP contribution in [0.2, 0.25) is 0 Å². The molecular formula is C18H10O4S. The maximum absolute atomic E-state index is 11.0. The van der Waals surface area contributed by atoms with E-state index in [1.807, 2.05) is 11.8 Å². The lowest BCUT2D eigenvalue weighted by Gasteiger charge is -2.05. The first kappa shape index (κ1) is 16.2. The second-order valence-corrected chi connectivity index (χ2v) is 5.26. The van der Waals surface area contributed by atoms with E-state index in [2.05, 4.69) is 0 Å². The van der Waals surface area contributed by atoms with Crippen LogP contribution in [0, 0.1) is 24.7 Å². The van der Waals surface area contributed by atoms with Gasteiger partial charge in [0.25, 0.3) is 0 Å². The van der Waals surface area contributed by atoms with Crippen LogP contribution in [-0.2, 0) is 9.59 Å². The van der Waals surface area contributed by atoms with Gasteiger partial charge in [0.15, 0.2) is 0 Å². The van der Waals surface area contributed by atoms with Crippen LogP contribution >= 0.6 is 11.8 Å². The molecule has 112 valence electrons. The summed E-state index contributed by atoms with van der Waals surface area (Å²) in [5.74, 6) is 3.05. The molecule has 0 spiro atoms. The number of rotatable bonds is 4. The molecule has 0 saturated heterocycles. The molecule has 0 radical (unpaired) electrons. The molecule has 0 atom stereocenters. The maximum Gasteiger partial charge on any atom is 0.389 e. The standard InChI is InChI=1S/C18H10O4S/c1-3-17(19)21-13-5-9-15(10-6-13)23-16-11-7-14(8-12-16)22-18(20)4-2/h1-2,5-12H. The molecule has 0 aliphatic carbocycles. The SMILES string of the molecule is C#CC(=O)Oc1ccc(Sc2ccc(OC(=O)C#C)cc2)cc1. The molecule has 0 unspecified atom stereocenters. The van der Waals surface area contributed by atoms with Gasteiger partial charge in [-0.25, -0.2) is 9.59 Å². The minimum atomic E-state index is -0.734. The highest BCUT2D eigenvalue weighted by molar-refractivity contribution is 7.99. The number of terminal acetylenes is 2. The third kappa shape index (κ3) is 4.96. The first-order valence-electron chi connectivity index (χ1n) is 6.35. The molecule has 0 aromatic heterocycles. The van der Waals surface area contributed by atoms with Gasteiger partial charge in [-0.05, 0) is 48.5 Å². The average molecular weight is 322 g/mol. The van der Waals surface area contributed by atoms with Gasteiger partial charge in [0.05, 0.1) is 0 Å². The van der Waals surface area contributed by atoms with E-state index in [1.54, 1.807) is 48.5 Å². The summed E-state index contributed by atoms with van der Waals surface area (Å²) in [5, 5.41) is 0. The number of carbonyl (C=O) groups is 2. The number of benzene rings is 2. The Kier molecular flexibility index (Phi) is 5.46. The van der Waals surface area contributed by atoms with Gasteiger partial charge >= 0.3 is 11.9 Å². The summed E-state index contributed by atoms with van der Waals surface area (Å²) in [6.45, 7) is 0. The Labute approximate surface area is 137 Å². The van der Waals surface area contributed by atoms with Crippen molar-refractivity contribution >= 4 is 23.7 Å². The Morgan fingerprint density at radius 1 is 0.739 bits per heavy atom. The van der Waals surface area contributed by atoms with E-state index in [-0.39, 0.29) is 0 Å². The first-order valence-corrected chi connectivity index (χ1v) is 7.17. The fourth-order valence-electron chi connectivity index (χ4n) is 1.56. The van der Waals surface area contributed by atoms with Gasteiger partial charge in [0.1, 0.15) is 11.5 Å². The Bertz CT molecular complexity index is 723. The van der Waals surface area contributed by atoms with Crippen molar-refractivity contribution in [3.05, 3.63) is 48.5 Å². The zero-order valence-electron chi connectivity index (χ0n) is 11.8. The molecule has 0 N–H and O–H groups in total. The zero-order valence-corrected chi connectivity index (χ0v) is 12.6. The summed E-state index contributed by atoms with van der Waals surface area (Å²) in [5.41, 5.74) is 0. The summed E-state index contributed by atoms with van der Waals surface area (Å²) in [6.07, 6.45) is 9.86. The molecule has 2 rings (SSSR count). The van der Waals surface area contributed by atoms with Crippen molar-refractivity contribution in [2.75, 3.05) is 0 Å². The van der Waals surface area contributed by atoms with Crippen LogP contribution in [0.15, 0.2) is 58.3 Å². The van der Waals surface area contributed by atoms with Crippen molar-refractivity contribution in [2.45, 2.75) is 9.79 Å². The lowest BCUT2D eigenvalue weighted by Crippen LogP contribution is -2.03. The van der Waals surface area contributed by atoms with Crippen LogP contribution in [0.1, 0.15) is 0 Å². The molecule has 0 saturated carbocycles.